The van der Waals surface area contributed by atoms with Crippen molar-refractivity contribution in [2.75, 3.05) is 6.61 Å². The highest BCUT2D eigenvalue weighted by atomic mass is 16.3. The average molecular weight is 168 g/mol. The third-order valence-electron chi connectivity index (χ3n) is 3.00. The first kappa shape index (κ1) is 9.46. The molecule has 0 bridgehead atoms. The first-order valence-corrected chi connectivity index (χ1v) is 4.36. The van der Waals surface area contributed by atoms with Crippen LogP contribution in [0.4, 0.5) is 0 Å². The number of allylic oxidation sites excluding steroid dienone is 2. The summed E-state index contributed by atoms with van der Waals surface area (Å²) >= 11 is 0. The lowest BCUT2D eigenvalue weighted by atomic mass is 9.68. The molecule has 1 aliphatic rings. The Morgan fingerprint density at radius 1 is 1.50 bits per heavy atom. The fourth-order valence-electron chi connectivity index (χ4n) is 1.60. The van der Waals surface area contributed by atoms with Crippen LogP contribution >= 0.6 is 0 Å². The molecule has 0 aliphatic heterocycles. The molecular formula is C10H16O2. The van der Waals surface area contributed by atoms with Crippen molar-refractivity contribution in [3.05, 3.63) is 12.2 Å². The van der Waals surface area contributed by atoms with E-state index in [2.05, 4.69) is 0 Å². The van der Waals surface area contributed by atoms with Crippen molar-refractivity contribution >= 4 is 5.78 Å². The summed E-state index contributed by atoms with van der Waals surface area (Å²) in [5.41, 5.74) is -0.561. The first-order chi connectivity index (χ1) is 5.52. The van der Waals surface area contributed by atoms with E-state index in [-0.39, 0.29) is 24.2 Å². The van der Waals surface area contributed by atoms with E-state index < -0.39 is 5.41 Å². The summed E-state index contributed by atoms with van der Waals surface area (Å²) in [5, 5.41) is 9.15. The van der Waals surface area contributed by atoms with E-state index in [9.17, 15) is 4.79 Å². The van der Waals surface area contributed by atoms with Crippen molar-refractivity contribution in [2.24, 2.45) is 17.3 Å². The van der Waals surface area contributed by atoms with Gasteiger partial charge in [-0.3, -0.25) is 4.79 Å². The number of Topliss-reactive ketones (excluding diaryl/α,β-unsaturated/α-hetero) is 1. The highest BCUT2D eigenvalue weighted by Gasteiger charge is 2.41. The van der Waals surface area contributed by atoms with Crippen molar-refractivity contribution in [3.8, 4) is 0 Å². The first-order valence-electron chi connectivity index (χ1n) is 4.36. The molecule has 0 radical (unpaired) electrons. The van der Waals surface area contributed by atoms with Crippen LogP contribution in [0, 0.1) is 17.3 Å². The number of aliphatic hydroxyl groups is 1. The number of carbonyl (C=O) groups is 1. The summed E-state index contributed by atoms with van der Waals surface area (Å²) in [7, 11) is 0. The molecular weight excluding hydrogens is 152 g/mol. The molecule has 1 aliphatic carbocycles. The Balaban J connectivity index is 3.00. The number of hydrogen-bond acceptors (Lipinski definition) is 2. The highest BCUT2D eigenvalue weighted by molar-refractivity contribution is 5.89. The van der Waals surface area contributed by atoms with Crippen LogP contribution in [0.5, 0.6) is 0 Å². The van der Waals surface area contributed by atoms with Gasteiger partial charge in [0.2, 0.25) is 0 Å². The highest BCUT2D eigenvalue weighted by Crippen LogP contribution is 2.35. The Morgan fingerprint density at radius 3 is 2.50 bits per heavy atom. The van der Waals surface area contributed by atoms with E-state index in [1.54, 1.807) is 0 Å². The predicted molar refractivity (Wildman–Crippen MR) is 47.7 cm³/mol. The molecule has 0 heterocycles. The lowest BCUT2D eigenvalue weighted by Crippen LogP contribution is -2.42. The van der Waals surface area contributed by atoms with Gasteiger partial charge in [-0.05, 0) is 12.8 Å². The molecule has 1 rings (SSSR count). The molecule has 0 unspecified atom stereocenters. The summed E-state index contributed by atoms with van der Waals surface area (Å²) in [6, 6.07) is 0. The Bertz CT molecular complexity index is 220. The van der Waals surface area contributed by atoms with E-state index in [0.29, 0.717) is 0 Å². The maximum atomic E-state index is 11.7. The van der Waals surface area contributed by atoms with Gasteiger partial charge in [0.1, 0.15) is 5.78 Å². The lowest BCUT2D eigenvalue weighted by molar-refractivity contribution is -0.135. The third-order valence-corrected chi connectivity index (χ3v) is 3.00. The van der Waals surface area contributed by atoms with Crippen LogP contribution in [0.3, 0.4) is 0 Å². The molecule has 0 amide bonds. The smallest absolute Gasteiger partial charge is 0.148 e. The Labute approximate surface area is 73.3 Å². The van der Waals surface area contributed by atoms with Gasteiger partial charge in [-0.1, -0.05) is 26.0 Å². The van der Waals surface area contributed by atoms with Gasteiger partial charge in [-0.25, -0.2) is 0 Å². The zero-order valence-corrected chi connectivity index (χ0v) is 7.87. The maximum Gasteiger partial charge on any atom is 0.148 e. The van der Waals surface area contributed by atoms with Gasteiger partial charge in [0, 0.05) is 5.92 Å². The van der Waals surface area contributed by atoms with E-state index in [1.165, 1.54) is 0 Å². The molecule has 2 heteroatoms. The minimum absolute atomic E-state index is 0.0432. The summed E-state index contributed by atoms with van der Waals surface area (Å²) in [5.74, 6) is 0.254. The van der Waals surface area contributed by atoms with Gasteiger partial charge in [0.05, 0.1) is 12.0 Å². The fourth-order valence-corrected chi connectivity index (χ4v) is 1.60. The topological polar surface area (TPSA) is 37.3 Å². The second-order valence-corrected chi connectivity index (χ2v) is 3.90. The molecule has 68 valence electrons. The number of rotatable bonds is 1. The zero-order chi connectivity index (χ0) is 9.35. The van der Waals surface area contributed by atoms with Crippen LogP contribution in [-0.2, 0) is 4.79 Å². The third kappa shape index (κ3) is 1.20. The summed E-state index contributed by atoms with van der Waals surface area (Å²) < 4.78 is 0. The van der Waals surface area contributed by atoms with Crippen LogP contribution in [0.15, 0.2) is 12.2 Å². The van der Waals surface area contributed by atoms with Crippen molar-refractivity contribution in [1.29, 1.82) is 0 Å². The maximum absolute atomic E-state index is 11.7. The van der Waals surface area contributed by atoms with Crippen LogP contribution < -0.4 is 0 Å². The summed E-state index contributed by atoms with van der Waals surface area (Å²) in [4.78, 5) is 11.7. The quantitative estimate of drug-likeness (QED) is 0.601. The fraction of sp³-hybridized carbons (Fsp3) is 0.700. The molecule has 0 fully saturated rings. The number of aliphatic hydroxyl groups excluding tert-OH is 1. The molecule has 0 aromatic rings. The van der Waals surface area contributed by atoms with E-state index in [4.69, 9.17) is 5.11 Å². The molecule has 1 N–H and O–H groups in total. The molecule has 2 nitrogen and oxygen atoms in total. The SMILES string of the molecule is C[C@@H]1C=C[C@@H](C)[C@@](C)(CO)C1=O. The van der Waals surface area contributed by atoms with Gasteiger partial charge < -0.3 is 5.11 Å². The second-order valence-electron chi connectivity index (χ2n) is 3.90. The molecule has 0 saturated heterocycles. The van der Waals surface area contributed by atoms with Crippen LogP contribution in [-0.4, -0.2) is 17.5 Å². The van der Waals surface area contributed by atoms with Crippen LogP contribution in [0.1, 0.15) is 20.8 Å². The number of hydrogen-bond donors (Lipinski definition) is 1. The van der Waals surface area contributed by atoms with Gasteiger partial charge >= 0.3 is 0 Å². The van der Waals surface area contributed by atoms with Gasteiger partial charge in [0.15, 0.2) is 0 Å². The Kier molecular flexibility index (Phi) is 2.38. The Hall–Kier alpha value is -0.630. The van der Waals surface area contributed by atoms with E-state index in [1.807, 2.05) is 32.9 Å². The summed E-state index contributed by atoms with van der Waals surface area (Å²) in [6.45, 7) is 5.62. The number of ketones is 1. The predicted octanol–water partition coefficient (Wildman–Crippen LogP) is 1.40. The molecule has 12 heavy (non-hydrogen) atoms. The molecule has 0 spiro atoms. The van der Waals surface area contributed by atoms with E-state index in [0.717, 1.165) is 0 Å². The Morgan fingerprint density at radius 2 is 2.08 bits per heavy atom. The van der Waals surface area contributed by atoms with Gasteiger partial charge in [-0.15, -0.1) is 0 Å². The molecule has 0 aromatic carbocycles. The monoisotopic (exact) mass is 168 g/mol. The van der Waals surface area contributed by atoms with Gasteiger partial charge in [-0.2, -0.15) is 0 Å². The lowest BCUT2D eigenvalue weighted by Gasteiger charge is -2.35. The second kappa shape index (κ2) is 3.02. The van der Waals surface area contributed by atoms with Crippen molar-refractivity contribution < 1.29 is 9.90 Å². The summed E-state index contributed by atoms with van der Waals surface area (Å²) in [6.07, 6.45) is 3.94. The van der Waals surface area contributed by atoms with Crippen molar-refractivity contribution in [1.82, 2.24) is 0 Å². The molecule has 0 saturated carbocycles. The van der Waals surface area contributed by atoms with Crippen LogP contribution in [0.25, 0.3) is 0 Å². The molecule has 3 atom stereocenters. The minimum Gasteiger partial charge on any atom is -0.395 e. The molecule has 0 aromatic heterocycles. The van der Waals surface area contributed by atoms with Crippen molar-refractivity contribution in [2.45, 2.75) is 20.8 Å². The van der Waals surface area contributed by atoms with Gasteiger partial charge in [0.25, 0.3) is 0 Å². The standard InChI is InChI=1S/C10H16O2/c1-7-4-5-8(2)10(3,6-11)9(7)12/h4-5,7-8,11H,6H2,1-3H3/t7-,8-,10-/m1/s1. The van der Waals surface area contributed by atoms with E-state index >= 15 is 0 Å². The van der Waals surface area contributed by atoms with Crippen molar-refractivity contribution in [3.63, 3.8) is 0 Å². The van der Waals surface area contributed by atoms with Crippen LogP contribution in [0.2, 0.25) is 0 Å². The number of carbonyl (C=O) groups excluding carboxylic acids is 1. The average Bonchev–Trinajstić information content (AvgIpc) is 2.08. The minimum atomic E-state index is -0.561. The normalized spacial score (nSPS) is 41.8. The zero-order valence-electron chi connectivity index (χ0n) is 7.87. The largest absolute Gasteiger partial charge is 0.395 e.